The predicted molar refractivity (Wildman–Crippen MR) is 87.2 cm³/mol. The monoisotopic (exact) mass is 355 g/mol. The molecule has 1 N–H and O–H groups in total. The molecule has 3 nitrogen and oxygen atoms in total. The van der Waals surface area contributed by atoms with Crippen LogP contribution in [0.1, 0.15) is 21.4 Å². The van der Waals surface area contributed by atoms with Gasteiger partial charge in [0.1, 0.15) is 0 Å². The molecular formula is C15H18BrNO2S. The van der Waals surface area contributed by atoms with Gasteiger partial charge in [0.25, 0.3) is 0 Å². The van der Waals surface area contributed by atoms with Crippen molar-refractivity contribution in [2.24, 2.45) is 0 Å². The normalized spacial score (nSPS) is 12.2. The average Bonchev–Trinajstić information content (AvgIpc) is 2.79. The van der Waals surface area contributed by atoms with E-state index in [9.17, 15) is 0 Å². The first-order valence-electron chi connectivity index (χ1n) is 6.25. The third-order valence-corrected chi connectivity index (χ3v) is 5.39. The summed E-state index contributed by atoms with van der Waals surface area (Å²) in [5, 5.41) is 3.36. The molecule has 0 fully saturated rings. The van der Waals surface area contributed by atoms with E-state index < -0.39 is 0 Å². The Balaban J connectivity index is 2.41. The molecule has 0 radical (unpaired) electrons. The lowest BCUT2D eigenvalue weighted by molar-refractivity contribution is 0.354. The lowest BCUT2D eigenvalue weighted by atomic mass is 10.0. The van der Waals surface area contributed by atoms with Crippen LogP contribution in [0.5, 0.6) is 11.5 Å². The van der Waals surface area contributed by atoms with E-state index in [0.717, 1.165) is 21.5 Å². The molecule has 0 bridgehead atoms. The van der Waals surface area contributed by atoms with Crippen LogP contribution in [0.3, 0.4) is 0 Å². The van der Waals surface area contributed by atoms with Gasteiger partial charge in [-0.15, -0.1) is 11.3 Å². The van der Waals surface area contributed by atoms with Gasteiger partial charge in [0.2, 0.25) is 0 Å². The van der Waals surface area contributed by atoms with Gasteiger partial charge in [0.15, 0.2) is 11.5 Å². The maximum atomic E-state index is 5.38. The number of halogens is 1. The number of thiophene rings is 1. The summed E-state index contributed by atoms with van der Waals surface area (Å²) in [7, 11) is 5.26. The minimum absolute atomic E-state index is 0.143. The highest BCUT2D eigenvalue weighted by Crippen LogP contribution is 2.36. The van der Waals surface area contributed by atoms with Crippen LogP contribution < -0.4 is 14.8 Å². The Kier molecular flexibility index (Phi) is 5.07. The molecular weight excluding hydrogens is 338 g/mol. The van der Waals surface area contributed by atoms with Crippen molar-refractivity contribution in [3.8, 4) is 11.5 Å². The summed E-state index contributed by atoms with van der Waals surface area (Å²) in [5.74, 6) is 1.49. The molecule has 0 aliphatic carbocycles. The van der Waals surface area contributed by atoms with Gasteiger partial charge >= 0.3 is 0 Å². The number of hydrogen-bond acceptors (Lipinski definition) is 4. The molecule has 0 aliphatic heterocycles. The van der Waals surface area contributed by atoms with Crippen molar-refractivity contribution in [3.63, 3.8) is 0 Å². The summed E-state index contributed by atoms with van der Waals surface area (Å²) in [4.78, 5) is 2.55. The summed E-state index contributed by atoms with van der Waals surface area (Å²) in [6, 6.07) is 8.32. The highest BCUT2D eigenvalue weighted by Gasteiger charge is 2.17. The van der Waals surface area contributed by atoms with Crippen molar-refractivity contribution < 1.29 is 9.47 Å². The highest BCUT2D eigenvalue weighted by atomic mass is 79.9. The molecule has 2 rings (SSSR count). The molecule has 1 aromatic carbocycles. The van der Waals surface area contributed by atoms with Crippen LogP contribution in [0.15, 0.2) is 28.7 Å². The first kappa shape index (κ1) is 15.4. The number of rotatable bonds is 5. The third kappa shape index (κ3) is 3.00. The van der Waals surface area contributed by atoms with E-state index in [1.807, 2.05) is 19.2 Å². The second-order valence-corrected chi connectivity index (χ2v) is 6.53. The van der Waals surface area contributed by atoms with E-state index in [1.165, 1.54) is 9.75 Å². The van der Waals surface area contributed by atoms with Crippen molar-refractivity contribution in [2.75, 3.05) is 21.3 Å². The first-order valence-corrected chi connectivity index (χ1v) is 7.86. The van der Waals surface area contributed by atoms with Gasteiger partial charge in [-0.1, -0.05) is 6.07 Å². The zero-order valence-corrected chi connectivity index (χ0v) is 14.4. The van der Waals surface area contributed by atoms with E-state index in [0.29, 0.717) is 0 Å². The zero-order valence-electron chi connectivity index (χ0n) is 12.0. The van der Waals surface area contributed by atoms with Gasteiger partial charge in [0.05, 0.1) is 20.3 Å². The van der Waals surface area contributed by atoms with E-state index in [2.05, 4.69) is 40.3 Å². The second kappa shape index (κ2) is 6.61. The fourth-order valence-corrected chi connectivity index (χ4v) is 3.83. The Morgan fingerprint density at radius 1 is 1.15 bits per heavy atom. The summed E-state index contributed by atoms with van der Waals surface area (Å²) in [5.41, 5.74) is 1.15. The molecule has 1 aromatic heterocycles. The van der Waals surface area contributed by atoms with Gasteiger partial charge in [-0.25, -0.2) is 0 Å². The Bertz CT molecular complexity index is 578. The number of ether oxygens (including phenoxy) is 2. The largest absolute Gasteiger partial charge is 0.493 e. The summed E-state index contributed by atoms with van der Waals surface area (Å²) in [6.07, 6.45) is 0. The SMILES string of the molecule is CNC(c1ccc(OC)c(OC)c1)c1cc(Br)c(C)s1. The molecule has 1 atom stereocenters. The van der Waals surface area contributed by atoms with Gasteiger partial charge in [-0.2, -0.15) is 0 Å². The van der Waals surface area contributed by atoms with Crippen molar-refractivity contribution in [1.82, 2.24) is 5.32 Å². The minimum atomic E-state index is 0.143. The summed E-state index contributed by atoms with van der Waals surface area (Å²) in [6.45, 7) is 2.11. The smallest absolute Gasteiger partial charge is 0.161 e. The van der Waals surface area contributed by atoms with Crippen LogP contribution in [0.25, 0.3) is 0 Å². The van der Waals surface area contributed by atoms with Crippen molar-refractivity contribution >= 4 is 27.3 Å². The fraction of sp³-hybridized carbons (Fsp3) is 0.333. The van der Waals surface area contributed by atoms with Gasteiger partial charge < -0.3 is 14.8 Å². The molecule has 0 aliphatic rings. The van der Waals surface area contributed by atoms with Crippen LogP contribution in [0, 0.1) is 6.92 Å². The molecule has 1 heterocycles. The number of hydrogen-bond donors (Lipinski definition) is 1. The fourth-order valence-electron chi connectivity index (χ4n) is 2.13. The molecule has 2 aromatic rings. The summed E-state index contributed by atoms with van der Waals surface area (Å²) < 4.78 is 11.8. The number of nitrogens with one attached hydrogen (secondary N) is 1. The topological polar surface area (TPSA) is 30.5 Å². The molecule has 0 spiro atoms. The van der Waals surface area contributed by atoms with Crippen LogP contribution in [-0.4, -0.2) is 21.3 Å². The van der Waals surface area contributed by atoms with Crippen LogP contribution in [0.2, 0.25) is 0 Å². The zero-order chi connectivity index (χ0) is 14.7. The Hall–Kier alpha value is -1.04. The van der Waals surface area contributed by atoms with Crippen molar-refractivity contribution in [3.05, 3.63) is 44.1 Å². The molecule has 0 saturated heterocycles. The Morgan fingerprint density at radius 2 is 1.85 bits per heavy atom. The van der Waals surface area contributed by atoms with E-state index in [-0.39, 0.29) is 6.04 Å². The van der Waals surface area contributed by atoms with Crippen LogP contribution in [-0.2, 0) is 0 Å². The van der Waals surface area contributed by atoms with Crippen LogP contribution in [0.4, 0.5) is 0 Å². The minimum Gasteiger partial charge on any atom is -0.493 e. The maximum absolute atomic E-state index is 5.38. The van der Waals surface area contributed by atoms with Gasteiger partial charge in [0, 0.05) is 14.2 Å². The molecule has 0 amide bonds. The number of methoxy groups -OCH3 is 2. The third-order valence-electron chi connectivity index (χ3n) is 3.19. The van der Waals surface area contributed by atoms with Gasteiger partial charge in [-0.05, 0) is 53.7 Å². The average molecular weight is 356 g/mol. The standard InChI is InChI=1S/C15H18BrNO2S/c1-9-11(16)8-14(20-9)15(17-2)10-5-6-12(18-3)13(7-10)19-4/h5-8,15,17H,1-4H3. The number of aryl methyl sites for hydroxylation is 1. The maximum Gasteiger partial charge on any atom is 0.161 e. The predicted octanol–water partition coefficient (Wildman–Crippen LogP) is 4.15. The second-order valence-electron chi connectivity index (χ2n) is 4.39. The first-order chi connectivity index (χ1) is 9.60. The van der Waals surface area contributed by atoms with Crippen molar-refractivity contribution in [1.29, 1.82) is 0 Å². The molecule has 1 unspecified atom stereocenters. The number of benzene rings is 1. The van der Waals surface area contributed by atoms with E-state index >= 15 is 0 Å². The Morgan fingerprint density at radius 3 is 2.35 bits per heavy atom. The highest BCUT2D eigenvalue weighted by molar-refractivity contribution is 9.10. The molecule has 108 valence electrons. The molecule has 20 heavy (non-hydrogen) atoms. The molecule has 5 heteroatoms. The van der Waals surface area contributed by atoms with E-state index in [4.69, 9.17) is 9.47 Å². The lowest BCUT2D eigenvalue weighted by Gasteiger charge is -2.17. The summed E-state index contributed by atoms with van der Waals surface area (Å²) >= 11 is 5.36. The van der Waals surface area contributed by atoms with Crippen LogP contribution >= 0.6 is 27.3 Å². The van der Waals surface area contributed by atoms with Gasteiger partial charge in [-0.3, -0.25) is 0 Å². The molecule has 0 saturated carbocycles. The van der Waals surface area contributed by atoms with E-state index in [1.54, 1.807) is 25.6 Å². The lowest BCUT2D eigenvalue weighted by Crippen LogP contribution is -2.16. The quantitative estimate of drug-likeness (QED) is 0.873. The Labute approximate surface area is 132 Å². The van der Waals surface area contributed by atoms with Crippen molar-refractivity contribution in [2.45, 2.75) is 13.0 Å².